The summed E-state index contributed by atoms with van der Waals surface area (Å²) < 4.78 is 32.1. The number of carbonyl (C=O) groups excluding carboxylic acids is 2. The molecule has 1 aromatic carbocycles. The van der Waals surface area contributed by atoms with Crippen LogP contribution in [0.3, 0.4) is 0 Å². The molecule has 0 bridgehead atoms. The van der Waals surface area contributed by atoms with Gasteiger partial charge in [-0.2, -0.15) is 4.31 Å². The van der Waals surface area contributed by atoms with Crippen molar-refractivity contribution in [3.05, 3.63) is 28.8 Å². The molecule has 9 heteroatoms. The van der Waals surface area contributed by atoms with Crippen molar-refractivity contribution in [2.75, 3.05) is 19.7 Å². The minimum absolute atomic E-state index is 0.00646. The monoisotopic (exact) mass is 430 g/mol. The third-order valence-electron chi connectivity index (χ3n) is 4.56. The van der Waals surface area contributed by atoms with E-state index in [0.29, 0.717) is 13.1 Å². The molecule has 0 aromatic heterocycles. The van der Waals surface area contributed by atoms with Gasteiger partial charge in [0.15, 0.2) is 6.61 Å². The Hall–Kier alpha value is -1.64. The van der Waals surface area contributed by atoms with Crippen LogP contribution in [0.5, 0.6) is 0 Å². The summed E-state index contributed by atoms with van der Waals surface area (Å²) in [5, 5.41) is 2.78. The van der Waals surface area contributed by atoms with Gasteiger partial charge in [0.25, 0.3) is 5.91 Å². The minimum Gasteiger partial charge on any atom is -0.452 e. The molecule has 1 atom stereocenters. The van der Waals surface area contributed by atoms with Crippen LogP contribution in [-0.2, 0) is 19.6 Å². The van der Waals surface area contributed by atoms with Gasteiger partial charge in [0.2, 0.25) is 10.0 Å². The quantitative estimate of drug-likeness (QED) is 0.640. The van der Waals surface area contributed by atoms with Crippen molar-refractivity contribution in [3.8, 4) is 0 Å². The molecule has 1 aliphatic heterocycles. The normalized spacial score (nSPS) is 16.4. The zero-order valence-electron chi connectivity index (χ0n) is 16.2. The van der Waals surface area contributed by atoms with Gasteiger partial charge >= 0.3 is 5.97 Å². The van der Waals surface area contributed by atoms with Crippen LogP contribution in [0.4, 0.5) is 0 Å². The second kappa shape index (κ2) is 10.2. The molecule has 156 valence electrons. The molecule has 7 nitrogen and oxygen atoms in total. The SMILES string of the molecule is CCC[C@H](C)NC(=O)COC(=O)c1ccc(Cl)c(S(=O)(=O)N2CCCCC2)c1. The second-order valence-corrected chi connectivity index (χ2v) is 9.26. The molecule has 1 fully saturated rings. The van der Waals surface area contributed by atoms with Crippen LogP contribution in [0.1, 0.15) is 56.3 Å². The third-order valence-corrected chi connectivity index (χ3v) is 6.94. The fourth-order valence-electron chi connectivity index (χ4n) is 3.11. The van der Waals surface area contributed by atoms with E-state index in [-0.39, 0.29) is 21.5 Å². The highest BCUT2D eigenvalue weighted by atomic mass is 35.5. The Morgan fingerprint density at radius 2 is 1.93 bits per heavy atom. The first kappa shape index (κ1) is 22.6. The highest BCUT2D eigenvalue weighted by Crippen LogP contribution is 2.28. The van der Waals surface area contributed by atoms with E-state index in [9.17, 15) is 18.0 Å². The smallest absolute Gasteiger partial charge is 0.338 e. The lowest BCUT2D eigenvalue weighted by atomic mass is 10.2. The Balaban J connectivity index is 2.07. The Morgan fingerprint density at radius 3 is 2.57 bits per heavy atom. The van der Waals surface area contributed by atoms with E-state index < -0.39 is 28.5 Å². The van der Waals surface area contributed by atoms with Crippen LogP contribution < -0.4 is 5.32 Å². The van der Waals surface area contributed by atoms with Crippen LogP contribution in [-0.4, -0.2) is 50.3 Å². The van der Waals surface area contributed by atoms with Crippen molar-refractivity contribution in [3.63, 3.8) is 0 Å². The first-order valence-corrected chi connectivity index (χ1v) is 11.3. The van der Waals surface area contributed by atoms with E-state index in [2.05, 4.69) is 5.32 Å². The molecular weight excluding hydrogens is 404 g/mol. The Kier molecular flexibility index (Phi) is 8.27. The summed E-state index contributed by atoms with van der Waals surface area (Å²) in [6.45, 7) is 4.33. The molecule has 1 N–H and O–H groups in total. The summed E-state index contributed by atoms with van der Waals surface area (Å²) in [5.74, 6) is -1.17. The number of sulfonamides is 1. The van der Waals surface area contributed by atoms with E-state index in [1.165, 1.54) is 22.5 Å². The molecule has 0 radical (unpaired) electrons. The molecule has 1 aliphatic rings. The highest BCUT2D eigenvalue weighted by molar-refractivity contribution is 7.89. The number of hydrogen-bond donors (Lipinski definition) is 1. The predicted molar refractivity (Wildman–Crippen MR) is 107 cm³/mol. The molecule has 0 unspecified atom stereocenters. The summed E-state index contributed by atoms with van der Waals surface area (Å²) >= 11 is 6.10. The van der Waals surface area contributed by atoms with Crippen molar-refractivity contribution in [1.82, 2.24) is 9.62 Å². The Morgan fingerprint density at radius 1 is 1.25 bits per heavy atom. The molecule has 28 heavy (non-hydrogen) atoms. The molecule has 0 aliphatic carbocycles. The van der Waals surface area contributed by atoms with Crippen LogP contribution in [0.25, 0.3) is 0 Å². The zero-order chi connectivity index (χ0) is 20.7. The largest absolute Gasteiger partial charge is 0.452 e. The number of benzene rings is 1. The van der Waals surface area contributed by atoms with E-state index in [4.69, 9.17) is 16.3 Å². The number of rotatable bonds is 8. The fourth-order valence-corrected chi connectivity index (χ4v) is 5.13. The van der Waals surface area contributed by atoms with Gasteiger partial charge in [-0.25, -0.2) is 13.2 Å². The number of esters is 1. The van der Waals surface area contributed by atoms with Crippen molar-refractivity contribution < 1.29 is 22.7 Å². The number of nitrogens with zero attached hydrogens (tertiary/aromatic N) is 1. The van der Waals surface area contributed by atoms with Gasteiger partial charge in [0.1, 0.15) is 4.90 Å². The van der Waals surface area contributed by atoms with Crippen LogP contribution in [0.2, 0.25) is 5.02 Å². The van der Waals surface area contributed by atoms with Gasteiger partial charge < -0.3 is 10.1 Å². The lowest BCUT2D eigenvalue weighted by molar-refractivity contribution is -0.124. The van der Waals surface area contributed by atoms with Gasteiger partial charge in [0.05, 0.1) is 10.6 Å². The highest BCUT2D eigenvalue weighted by Gasteiger charge is 2.29. The molecule has 1 saturated heterocycles. The number of ether oxygens (including phenoxy) is 1. The van der Waals surface area contributed by atoms with Gasteiger partial charge in [-0.3, -0.25) is 4.79 Å². The molecule has 1 amide bonds. The first-order valence-electron chi connectivity index (χ1n) is 9.52. The standard InChI is InChI=1S/C19H27ClN2O5S/c1-3-7-14(2)21-18(23)13-27-19(24)15-8-9-16(20)17(12-15)28(25,26)22-10-5-4-6-11-22/h8-9,12,14H,3-7,10-11,13H2,1-2H3,(H,21,23)/t14-/m0/s1. The van der Waals surface area contributed by atoms with Crippen molar-refractivity contribution in [2.24, 2.45) is 0 Å². The van der Waals surface area contributed by atoms with Crippen LogP contribution in [0, 0.1) is 0 Å². The van der Waals surface area contributed by atoms with E-state index >= 15 is 0 Å². The summed E-state index contributed by atoms with van der Waals surface area (Å²) in [6, 6.07) is 3.95. The zero-order valence-corrected chi connectivity index (χ0v) is 17.8. The van der Waals surface area contributed by atoms with Crippen LogP contribution >= 0.6 is 11.6 Å². The topological polar surface area (TPSA) is 92.8 Å². The Labute approximate surface area is 171 Å². The number of amides is 1. The molecule has 0 spiro atoms. The summed E-state index contributed by atoms with van der Waals surface area (Å²) in [5.41, 5.74) is 0.0365. The number of piperidine rings is 1. The van der Waals surface area contributed by atoms with E-state index in [1.54, 1.807) is 0 Å². The van der Waals surface area contributed by atoms with Crippen LogP contribution in [0.15, 0.2) is 23.1 Å². The number of halogens is 1. The molecular formula is C19H27ClN2O5S. The maximum atomic E-state index is 12.9. The Bertz CT molecular complexity index is 807. The summed E-state index contributed by atoms with van der Waals surface area (Å²) in [4.78, 5) is 24.0. The van der Waals surface area contributed by atoms with Crippen molar-refractivity contribution >= 4 is 33.5 Å². The average Bonchev–Trinajstić information content (AvgIpc) is 2.67. The summed E-state index contributed by atoms with van der Waals surface area (Å²) in [6.07, 6.45) is 4.34. The maximum absolute atomic E-state index is 12.9. The van der Waals surface area contributed by atoms with E-state index in [0.717, 1.165) is 32.1 Å². The predicted octanol–water partition coefficient (Wildman–Crippen LogP) is 2.98. The van der Waals surface area contributed by atoms with Crippen molar-refractivity contribution in [2.45, 2.75) is 56.9 Å². The molecule has 2 rings (SSSR count). The summed E-state index contributed by atoms with van der Waals surface area (Å²) in [7, 11) is -3.79. The maximum Gasteiger partial charge on any atom is 0.338 e. The fraction of sp³-hybridized carbons (Fsp3) is 0.579. The molecule has 1 aromatic rings. The first-order chi connectivity index (χ1) is 13.3. The molecule has 1 heterocycles. The van der Waals surface area contributed by atoms with Gasteiger partial charge in [-0.1, -0.05) is 31.4 Å². The van der Waals surface area contributed by atoms with Gasteiger partial charge in [0, 0.05) is 19.1 Å². The average molecular weight is 431 g/mol. The lowest BCUT2D eigenvalue weighted by Crippen LogP contribution is -2.36. The van der Waals surface area contributed by atoms with Crippen molar-refractivity contribution in [1.29, 1.82) is 0 Å². The van der Waals surface area contributed by atoms with Gasteiger partial charge in [-0.05, 0) is 44.4 Å². The van der Waals surface area contributed by atoms with Gasteiger partial charge in [-0.15, -0.1) is 0 Å². The minimum atomic E-state index is -3.79. The number of hydrogen-bond acceptors (Lipinski definition) is 5. The lowest BCUT2D eigenvalue weighted by Gasteiger charge is -2.26. The third kappa shape index (κ3) is 5.93. The molecule has 0 saturated carbocycles. The van der Waals surface area contributed by atoms with E-state index in [1.807, 2.05) is 13.8 Å². The number of carbonyl (C=O) groups is 2. The number of nitrogens with one attached hydrogen (secondary N) is 1. The second-order valence-electron chi connectivity index (χ2n) is 6.94.